The topological polar surface area (TPSA) is 38.0 Å². The molecular weight excluding hydrogens is 332 g/mol. The molecule has 1 rings (SSSR count). The highest BCUT2D eigenvalue weighted by molar-refractivity contribution is 9.11. The van der Waals surface area contributed by atoms with Crippen LogP contribution in [0.4, 0.5) is 0 Å². The van der Waals surface area contributed by atoms with Crippen molar-refractivity contribution in [3.8, 4) is 11.8 Å². The van der Waals surface area contributed by atoms with Crippen molar-refractivity contribution in [2.75, 3.05) is 0 Å². The van der Waals surface area contributed by atoms with Crippen LogP contribution in [0.15, 0.2) is 27.1 Å². The van der Waals surface area contributed by atoms with Crippen LogP contribution < -0.4 is 11.3 Å². The van der Waals surface area contributed by atoms with Crippen molar-refractivity contribution in [1.29, 1.82) is 0 Å². The van der Waals surface area contributed by atoms with Crippen molar-refractivity contribution in [1.82, 2.24) is 5.43 Å². The maximum Gasteiger partial charge on any atom is 0.0469 e. The number of hydrazine groups is 1. The largest absolute Gasteiger partial charge is 0.271 e. The SMILES string of the molecule is CC#CCCC(NN)c1cc(Br)cc(Br)c1. The zero-order valence-corrected chi connectivity index (χ0v) is 12.2. The van der Waals surface area contributed by atoms with Gasteiger partial charge in [0.25, 0.3) is 0 Å². The molecule has 0 saturated carbocycles. The van der Waals surface area contributed by atoms with Crippen LogP contribution in [-0.2, 0) is 0 Å². The molecule has 86 valence electrons. The minimum atomic E-state index is 0.134. The molecule has 1 unspecified atom stereocenters. The third kappa shape index (κ3) is 4.26. The monoisotopic (exact) mass is 344 g/mol. The Kier molecular flexibility index (Phi) is 6.07. The fraction of sp³-hybridized carbons (Fsp3) is 0.333. The highest BCUT2D eigenvalue weighted by atomic mass is 79.9. The summed E-state index contributed by atoms with van der Waals surface area (Å²) in [5.74, 6) is 11.5. The first kappa shape index (κ1) is 13.7. The van der Waals surface area contributed by atoms with Gasteiger partial charge in [-0.15, -0.1) is 11.8 Å². The highest BCUT2D eigenvalue weighted by Gasteiger charge is 2.10. The van der Waals surface area contributed by atoms with E-state index in [0.717, 1.165) is 27.4 Å². The third-order valence-electron chi connectivity index (χ3n) is 2.22. The number of hydrogen-bond donors (Lipinski definition) is 2. The molecule has 1 aromatic rings. The van der Waals surface area contributed by atoms with Crippen LogP contribution in [0.2, 0.25) is 0 Å². The smallest absolute Gasteiger partial charge is 0.0469 e. The Morgan fingerprint density at radius 2 is 1.94 bits per heavy atom. The summed E-state index contributed by atoms with van der Waals surface area (Å²) in [5.41, 5.74) is 3.98. The van der Waals surface area contributed by atoms with E-state index in [1.165, 1.54) is 0 Å². The van der Waals surface area contributed by atoms with E-state index in [9.17, 15) is 0 Å². The summed E-state index contributed by atoms with van der Waals surface area (Å²) in [6.07, 6.45) is 1.75. The van der Waals surface area contributed by atoms with E-state index in [2.05, 4.69) is 61.3 Å². The minimum Gasteiger partial charge on any atom is -0.271 e. The lowest BCUT2D eigenvalue weighted by molar-refractivity contribution is 0.523. The lowest BCUT2D eigenvalue weighted by Crippen LogP contribution is -2.27. The van der Waals surface area contributed by atoms with Crippen LogP contribution in [0.25, 0.3) is 0 Å². The Bertz CT molecular complexity index is 387. The van der Waals surface area contributed by atoms with Crippen LogP contribution in [-0.4, -0.2) is 0 Å². The molecule has 0 aliphatic rings. The fourth-order valence-electron chi connectivity index (χ4n) is 1.46. The van der Waals surface area contributed by atoms with Crippen molar-refractivity contribution >= 4 is 31.9 Å². The summed E-state index contributed by atoms with van der Waals surface area (Å²) in [7, 11) is 0. The summed E-state index contributed by atoms with van der Waals surface area (Å²) in [6, 6.07) is 6.27. The van der Waals surface area contributed by atoms with E-state index in [-0.39, 0.29) is 6.04 Å². The van der Waals surface area contributed by atoms with E-state index in [4.69, 9.17) is 5.84 Å². The molecule has 0 bridgehead atoms. The van der Waals surface area contributed by atoms with Gasteiger partial charge in [-0.25, -0.2) is 0 Å². The van der Waals surface area contributed by atoms with E-state index in [0.29, 0.717) is 0 Å². The number of rotatable bonds is 4. The Morgan fingerprint density at radius 1 is 1.31 bits per heavy atom. The molecule has 0 aliphatic carbocycles. The molecule has 0 amide bonds. The molecule has 16 heavy (non-hydrogen) atoms. The Labute approximate surface area is 113 Å². The fourth-order valence-corrected chi connectivity index (χ4v) is 2.79. The zero-order valence-electron chi connectivity index (χ0n) is 9.06. The van der Waals surface area contributed by atoms with Gasteiger partial charge >= 0.3 is 0 Å². The zero-order chi connectivity index (χ0) is 12.0. The standard InChI is InChI=1S/C12H14Br2N2/c1-2-3-4-5-12(16-15)9-6-10(13)8-11(14)7-9/h6-8,12,16H,4-5,15H2,1H3. The highest BCUT2D eigenvalue weighted by Crippen LogP contribution is 2.26. The molecule has 0 aliphatic heterocycles. The van der Waals surface area contributed by atoms with Gasteiger partial charge in [-0.05, 0) is 37.1 Å². The van der Waals surface area contributed by atoms with Crippen molar-refractivity contribution in [3.63, 3.8) is 0 Å². The second kappa shape index (κ2) is 7.08. The number of nitrogens with two attached hydrogens (primary N) is 1. The van der Waals surface area contributed by atoms with E-state index in [1.54, 1.807) is 0 Å². The first-order chi connectivity index (χ1) is 7.67. The first-order valence-corrected chi connectivity index (χ1v) is 6.57. The van der Waals surface area contributed by atoms with Crippen LogP contribution >= 0.6 is 31.9 Å². The molecule has 2 nitrogen and oxygen atoms in total. The molecule has 0 aromatic heterocycles. The number of nitrogens with one attached hydrogen (secondary N) is 1. The second-order valence-corrected chi connectivity index (χ2v) is 5.22. The number of benzene rings is 1. The normalized spacial score (nSPS) is 11.8. The Morgan fingerprint density at radius 3 is 2.44 bits per heavy atom. The van der Waals surface area contributed by atoms with Crippen molar-refractivity contribution in [3.05, 3.63) is 32.7 Å². The lowest BCUT2D eigenvalue weighted by Gasteiger charge is -2.15. The molecule has 1 atom stereocenters. The van der Waals surface area contributed by atoms with Crippen LogP contribution in [0, 0.1) is 11.8 Å². The molecule has 3 N–H and O–H groups in total. The van der Waals surface area contributed by atoms with E-state index >= 15 is 0 Å². The lowest BCUT2D eigenvalue weighted by atomic mass is 10.0. The van der Waals surface area contributed by atoms with Gasteiger partial charge in [0.05, 0.1) is 0 Å². The Hall–Kier alpha value is -0.340. The average Bonchev–Trinajstić information content (AvgIpc) is 2.23. The maximum atomic E-state index is 5.56. The van der Waals surface area contributed by atoms with Gasteiger partial charge in [-0.1, -0.05) is 31.9 Å². The summed E-state index contributed by atoms with van der Waals surface area (Å²) in [6.45, 7) is 1.85. The summed E-state index contributed by atoms with van der Waals surface area (Å²) >= 11 is 6.93. The first-order valence-electron chi connectivity index (χ1n) is 4.99. The van der Waals surface area contributed by atoms with Crippen molar-refractivity contribution < 1.29 is 0 Å². The van der Waals surface area contributed by atoms with Gasteiger partial charge in [-0.2, -0.15) is 0 Å². The van der Waals surface area contributed by atoms with Crippen molar-refractivity contribution in [2.24, 2.45) is 5.84 Å². The van der Waals surface area contributed by atoms with Crippen LogP contribution in [0.3, 0.4) is 0 Å². The van der Waals surface area contributed by atoms with E-state index in [1.807, 2.05) is 13.0 Å². The number of halogens is 2. The molecule has 0 radical (unpaired) electrons. The minimum absolute atomic E-state index is 0.134. The molecule has 0 fully saturated rings. The average molecular weight is 346 g/mol. The van der Waals surface area contributed by atoms with Gasteiger partial charge in [0.15, 0.2) is 0 Å². The molecular formula is C12H14Br2N2. The summed E-state index contributed by atoms with van der Waals surface area (Å²) in [4.78, 5) is 0. The molecule has 0 saturated heterocycles. The number of hydrogen-bond acceptors (Lipinski definition) is 2. The molecule has 0 spiro atoms. The second-order valence-electron chi connectivity index (χ2n) is 3.39. The quantitative estimate of drug-likeness (QED) is 0.497. The predicted octanol–water partition coefficient (Wildman–Crippen LogP) is 3.52. The van der Waals surface area contributed by atoms with Crippen molar-refractivity contribution in [2.45, 2.75) is 25.8 Å². The Balaban J connectivity index is 2.80. The van der Waals surface area contributed by atoms with Gasteiger partial charge in [0.1, 0.15) is 0 Å². The van der Waals surface area contributed by atoms with Gasteiger partial charge in [0, 0.05) is 21.4 Å². The summed E-state index contributed by atoms with van der Waals surface area (Å²) in [5, 5.41) is 0. The van der Waals surface area contributed by atoms with Gasteiger partial charge < -0.3 is 0 Å². The predicted molar refractivity (Wildman–Crippen MR) is 74.6 cm³/mol. The van der Waals surface area contributed by atoms with Crippen LogP contribution in [0.1, 0.15) is 31.4 Å². The molecule has 4 heteroatoms. The van der Waals surface area contributed by atoms with Crippen LogP contribution in [0.5, 0.6) is 0 Å². The van der Waals surface area contributed by atoms with Gasteiger partial charge in [0.2, 0.25) is 0 Å². The van der Waals surface area contributed by atoms with Gasteiger partial charge in [-0.3, -0.25) is 11.3 Å². The summed E-state index contributed by atoms with van der Waals surface area (Å²) < 4.78 is 2.08. The molecule has 1 aromatic carbocycles. The van der Waals surface area contributed by atoms with E-state index < -0.39 is 0 Å². The third-order valence-corrected chi connectivity index (χ3v) is 3.14. The maximum absolute atomic E-state index is 5.56. The molecule has 0 heterocycles.